The first-order valence-corrected chi connectivity index (χ1v) is 18.7. The Morgan fingerprint density at radius 2 is 0.469 bits per heavy atom. The second kappa shape index (κ2) is 26.0. The van der Waals surface area contributed by atoms with Crippen molar-refractivity contribution in [2.24, 2.45) is 0 Å². The van der Waals surface area contributed by atoms with Gasteiger partial charge >= 0.3 is 0 Å². The second-order valence-electron chi connectivity index (χ2n) is 11.9. The molecule has 0 bridgehead atoms. The summed E-state index contributed by atoms with van der Waals surface area (Å²) in [6.45, 7) is 9.74. The van der Waals surface area contributed by atoms with Gasteiger partial charge in [-0.25, -0.2) is 0 Å². The summed E-state index contributed by atoms with van der Waals surface area (Å²) >= 11 is 0. The van der Waals surface area contributed by atoms with Crippen LogP contribution < -0.4 is 0 Å². The highest BCUT2D eigenvalue weighted by Crippen LogP contribution is 2.47. The Morgan fingerprint density at radius 3 is 0.656 bits per heavy atom. The van der Waals surface area contributed by atoms with Gasteiger partial charge in [0.05, 0.1) is 6.16 Å². The van der Waals surface area contributed by atoms with E-state index in [2.05, 4.69) is 26.9 Å². The van der Waals surface area contributed by atoms with Crippen molar-refractivity contribution in [3.05, 3.63) is 0 Å². The van der Waals surface area contributed by atoms with E-state index in [1.54, 1.807) is 0 Å². The molecule has 0 aromatic carbocycles. The summed E-state index contributed by atoms with van der Waals surface area (Å²) in [6.07, 6.45) is 40.1. The Hall–Kier alpha value is 0.430. The van der Waals surface area contributed by atoms with Crippen molar-refractivity contribution in [3.63, 3.8) is 0 Å². The van der Waals surface area contributed by atoms with Gasteiger partial charge in [0, 0.05) is 27.3 Å². The second-order valence-corrected chi connectivity index (χ2v) is 16.9. The van der Waals surface area contributed by atoms with Gasteiger partial charge in [0.25, 0.3) is 0 Å². The average molecular weight is 470 g/mol. The lowest BCUT2D eigenvalue weighted by Crippen LogP contribution is -1.93. The summed E-state index contributed by atoms with van der Waals surface area (Å²) in [5, 5.41) is 0. The molecule has 0 N–H and O–H groups in total. The molecule has 0 fully saturated rings. The van der Waals surface area contributed by atoms with Gasteiger partial charge in [-0.15, -0.1) is 0 Å². The molecule has 0 amide bonds. The fourth-order valence-electron chi connectivity index (χ4n) is 4.90. The van der Waals surface area contributed by atoms with Crippen molar-refractivity contribution in [1.82, 2.24) is 0 Å². The molecule has 0 heterocycles. The number of rotatable bonds is 27. The molecule has 0 saturated heterocycles. The third kappa shape index (κ3) is 30.4. The lowest BCUT2D eigenvalue weighted by Gasteiger charge is -2.10. The number of unbranched alkanes of at least 4 members (excludes halogenated alkanes) is 25. The zero-order valence-corrected chi connectivity index (χ0v) is 24.4. The molecule has 0 radical (unpaired) electrons. The highest BCUT2D eigenvalue weighted by atomic mass is 31.2. The number of hydrogen-bond acceptors (Lipinski definition) is 0. The van der Waals surface area contributed by atoms with E-state index in [9.17, 15) is 0 Å². The van der Waals surface area contributed by atoms with Crippen LogP contribution in [0.1, 0.15) is 174 Å². The summed E-state index contributed by atoms with van der Waals surface area (Å²) in [5.41, 5.74) is 0. The van der Waals surface area contributed by atoms with Gasteiger partial charge in [-0.2, -0.15) is 0 Å². The summed E-state index contributed by atoms with van der Waals surface area (Å²) in [4.78, 5) is 0. The van der Waals surface area contributed by atoms with Gasteiger partial charge in [0.2, 0.25) is 0 Å². The summed E-state index contributed by atoms with van der Waals surface area (Å²) in [6, 6.07) is 0. The Morgan fingerprint density at radius 1 is 0.281 bits per heavy atom. The SMILES string of the molecule is CCCCCCCCCCCCCCCCCCCCCCCCCCCC[P+](C)(C)C. The Kier molecular flexibility index (Phi) is 26.4. The Labute approximate surface area is 207 Å². The largest absolute Gasteiger partial charge is 0.0654 e. The molecular formula is C31H66P+. The predicted octanol–water partition coefficient (Wildman–Crippen LogP) is 12.1. The monoisotopic (exact) mass is 469 g/mol. The molecule has 0 saturated carbocycles. The average Bonchev–Trinajstić information content (AvgIpc) is 2.75. The fraction of sp³-hybridized carbons (Fsp3) is 1.00. The molecule has 0 aliphatic rings. The predicted molar refractivity (Wildman–Crippen MR) is 155 cm³/mol. The Balaban J connectivity index is 3.02. The highest BCUT2D eigenvalue weighted by molar-refractivity contribution is 7.73. The minimum atomic E-state index is -0.515. The molecule has 0 aromatic rings. The fourth-order valence-corrected chi connectivity index (χ4v) is 6.07. The van der Waals surface area contributed by atoms with Crippen LogP contribution in [0.5, 0.6) is 0 Å². The molecule has 0 spiro atoms. The molecule has 0 aliphatic carbocycles. The van der Waals surface area contributed by atoms with Gasteiger partial charge in [-0.1, -0.05) is 161 Å². The molecule has 194 valence electrons. The van der Waals surface area contributed by atoms with E-state index in [0.29, 0.717) is 0 Å². The van der Waals surface area contributed by atoms with Crippen LogP contribution in [0.3, 0.4) is 0 Å². The summed E-state index contributed by atoms with van der Waals surface area (Å²) in [5.74, 6) is 0. The van der Waals surface area contributed by atoms with Crippen LogP contribution in [-0.2, 0) is 0 Å². The minimum Gasteiger partial charge on any atom is -0.0654 e. The minimum absolute atomic E-state index is 0.515. The first kappa shape index (κ1) is 32.4. The molecule has 32 heavy (non-hydrogen) atoms. The van der Waals surface area contributed by atoms with Crippen molar-refractivity contribution >= 4 is 7.26 Å². The quantitative estimate of drug-likeness (QED) is 0.0828. The van der Waals surface area contributed by atoms with Crippen molar-refractivity contribution in [2.75, 3.05) is 26.2 Å². The van der Waals surface area contributed by atoms with Gasteiger partial charge in [0.15, 0.2) is 0 Å². The standard InChI is InChI=1S/C31H66P/c1-5-6-7-8-9-10-11-12-13-14-15-16-17-18-19-20-21-22-23-24-25-26-27-28-29-30-31-32(2,3)4/h5-31H2,1-4H3/q+1. The molecule has 0 aromatic heterocycles. The van der Waals surface area contributed by atoms with Crippen molar-refractivity contribution in [1.29, 1.82) is 0 Å². The van der Waals surface area contributed by atoms with Gasteiger partial charge in [-0.3, -0.25) is 0 Å². The molecule has 0 unspecified atom stereocenters. The smallest absolute Gasteiger partial charge is 0.0586 e. The lowest BCUT2D eigenvalue weighted by atomic mass is 10.0. The Bertz CT molecular complexity index is 330. The highest BCUT2D eigenvalue weighted by Gasteiger charge is 2.15. The molecule has 0 atom stereocenters. The molecular weight excluding hydrogens is 403 g/mol. The van der Waals surface area contributed by atoms with E-state index in [-0.39, 0.29) is 0 Å². The van der Waals surface area contributed by atoms with Crippen molar-refractivity contribution in [3.8, 4) is 0 Å². The molecule has 0 nitrogen and oxygen atoms in total. The van der Waals surface area contributed by atoms with E-state index in [4.69, 9.17) is 0 Å². The van der Waals surface area contributed by atoms with E-state index in [0.717, 1.165) is 0 Å². The summed E-state index contributed by atoms with van der Waals surface area (Å²) in [7, 11) is -0.515. The normalized spacial score (nSPS) is 12.0. The van der Waals surface area contributed by atoms with E-state index in [1.165, 1.54) is 173 Å². The van der Waals surface area contributed by atoms with Gasteiger partial charge < -0.3 is 0 Å². The van der Waals surface area contributed by atoms with Crippen LogP contribution in [-0.4, -0.2) is 26.2 Å². The van der Waals surface area contributed by atoms with Crippen LogP contribution >= 0.6 is 7.26 Å². The third-order valence-electron chi connectivity index (χ3n) is 7.18. The van der Waals surface area contributed by atoms with Crippen LogP contribution in [0.15, 0.2) is 0 Å². The molecule has 0 rings (SSSR count). The number of hydrogen-bond donors (Lipinski definition) is 0. The maximum absolute atomic E-state index is 2.48. The first-order valence-electron chi connectivity index (χ1n) is 15.4. The lowest BCUT2D eigenvalue weighted by molar-refractivity contribution is 0.516. The van der Waals surface area contributed by atoms with E-state index in [1.807, 2.05) is 0 Å². The van der Waals surface area contributed by atoms with Crippen LogP contribution in [0.25, 0.3) is 0 Å². The first-order chi connectivity index (χ1) is 15.6. The van der Waals surface area contributed by atoms with Gasteiger partial charge in [0.1, 0.15) is 0 Å². The van der Waals surface area contributed by atoms with Crippen LogP contribution in [0.4, 0.5) is 0 Å². The van der Waals surface area contributed by atoms with Gasteiger partial charge in [-0.05, 0) is 12.8 Å². The van der Waals surface area contributed by atoms with E-state index < -0.39 is 7.26 Å². The summed E-state index contributed by atoms with van der Waals surface area (Å²) < 4.78 is 0. The zero-order valence-electron chi connectivity index (χ0n) is 23.5. The van der Waals surface area contributed by atoms with Crippen molar-refractivity contribution in [2.45, 2.75) is 174 Å². The topological polar surface area (TPSA) is 0 Å². The van der Waals surface area contributed by atoms with E-state index >= 15 is 0 Å². The molecule has 1 heteroatoms. The maximum Gasteiger partial charge on any atom is 0.0586 e. The van der Waals surface area contributed by atoms with Crippen LogP contribution in [0.2, 0.25) is 0 Å². The third-order valence-corrected chi connectivity index (χ3v) is 8.84. The molecule has 0 aliphatic heterocycles. The van der Waals surface area contributed by atoms with Crippen LogP contribution in [0, 0.1) is 0 Å². The van der Waals surface area contributed by atoms with Crippen molar-refractivity contribution < 1.29 is 0 Å². The zero-order chi connectivity index (χ0) is 23.6. The maximum atomic E-state index is 2.48.